The Morgan fingerprint density at radius 2 is 2.00 bits per heavy atom. The molecule has 3 aliphatic rings. The Labute approximate surface area is 225 Å². The molecular weight excluding hydrogens is 507 g/mol. The van der Waals surface area contributed by atoms with Gasteiger partial charge in [0.2, 0.25) is 12.3 Å². The molecule has 0 radical (unpaired) electrons. The van der Waals surface area contributed by atoms with Crippen LogP contribution in [0, 0.1) is 11.7 Å². The lowest BCUT2D eigenvalue weighted by Crippen LogP contribution is -2.49. The molecule has 5 rings (SSSR count). The highest BCUT2D eigenvalue weighted by atomic mass is 19.1. The van der Waals surface area contributed by atoms with Gasteiger partial charge in [0.15, 0.2) is 0 Å². The summed E-state index contributed by atoms with van der Waals surface area (Å²) in [5, 5.41) is 5.21. The number of hydrogen-bond acceptors (Lipinski definition) is 6. The average Bonchev–Trinajstić information content (AvgIpc) is 3.72. The van der Waals surface area contributed by atoms with Gasteiger partial charge in [-0.25, -0.2) is 18.9 Å². The van der Waals surface area contributed by atoms with Crippen LogP contribution in [0.5, 0.6) is 5.75 Å². The van der Waals surface area contributed by atoms with Gasteiger partial charge in [0.25, 0.3) is 0 Å². The van der Waals surface area contributed by atoms with Crippen LogP contribution < -0.4 is 15.4 Å². The van der Waals surface area contributed by atoms with E-state index >= 15 is 0 Å². The van der Waals surface area contributed by atoms with Crippen LogP contribution in [-0.2, 0) is 32.9 Å². The number of carbonyl (C=O) groups is 4. The smallest absolute Gasteiger partial charge is 0.417 e. The van der Waals surface area contributed by atoms with Crippen molar-refractivity contribution in [2.75, 3.05) is 25.5 Å². The van der Waals surface area contributed by atoms with Gasteiger partial charge in [-0.1, -0.05) is 6.07 Å². The predicted octanol–water partition coefficient (Wildman–Crippen LogP) is 3.53. The molecule has 2 atom stereocenters. The van der Waals surface area contributed by atoms with Crippen LogP contribution in [0.25, 0.3) is 0 Å². The largest absolute Gasteiger partial charge is 0.491 e. The summed E-state index contributed by atoms with van der Waals surface area (Å²) in [7, 11) is 1.52. The van der Waals surface area contributed by atoms with Crippen LogP contribution in [0.3, 0.4) is 0 Å². The summed E-state index contributed by atoms with van der Waals surface area (Å²) in [5.74, 6) is -0.111. The number of halogens is 1. The fourth-order valence-corrected chi connectivity index (χ4v) is 5.36. The molecule has 39 heavy (non-hydrogen) atoms. The SMILES string of the molecule is CNC(=O)Nc1ccc2c(c1)CC[C@]2(C)OC(=O)N(C=O)CC(=O)N1Cc2cc(F)ccc2OC[C@@H]1C1CC1. The molecule has 0 saturated heterocycles. The number of carbonyl (C=O) groups excluding carboxylic acids is 4. The van der Waals surface area contributed by atoms with Crippen molar-refractivity contribution < 1.29 is 33.0 Å². The van der Waals surface area contributed by atoms with E-state index in [9.17, 15) is 23.6 Å². The van der Waals surface area contributed by atoms with Crippen molar-refractivity contribution in [3.63, 3.8) is 0 Å². The number of fused-ring (bicyclic) bond motifs is 2. The van der Waals surface area contributed by atoms with Crippen molar-refractivity contribution in [3.05, 3.63) is 58.9 Å². The molecule has 2 aromatic carbocycles. The van der Waals surface area contributed by atoms with Crippen molar-refractivity contribution in [1.29, 1.82) is 0 Å². The van der Waals surface area contributed by atoms with E-state index in [1.807, 2.05) is 6.07 Å². The lowest BCUT2D eigenvalue weighted by Gasteiger charge is -2.32. The highest BCUT2D eigenvalue weighted by Crippen LogP contribution is 2.41. The number of urea groups is 1. The summed E-state index contributed by atoms with van der Waals surface area (Å²) >= 11 is 0. The summed E-state index contributed by atoms with van der Waals surface area (Å²) in [6, 6.07) is 8.94. The Bertz CT molecular complexity index is 1310. The van der Waals surface area contributed by atoms with Gasteiger partial charge in [-0.3, -0.25) is 9.59 Å². The maximum atomic E-state index is 13.9. The maximum absolute atomic E-state index is 13.9. The van der Waals surface area contributed by atoms with Gasteiger partial charge in [-0.2, -0.15) is 0 Å². The summed E-state index contributed by atoms with van der Waals surface area (Å²) in [4.78, 5) is 52.5. The molecule has 206 valence electrons. The lowest BCUT2D eigenvalue weighted by molar-refractivity contribution is -0.139. The lowest BCUT2D eigenvalue weighted by atomic mass is 9.98. The highest BCUT2D eigenvalue weighted by molar-refractivity contribution is 5.90. The number of benzene rings is 2. The summed E-state index contributed by atoms with van der Waals surface area (Å²) < 4.78 is 25.6. The number of nitrogens with zero attached hydrogens (tertiary/aromatic N) is 2. The first-order chi connectivity index (χ1) is 18.7. The van der Waals surface area contributed by atoms with Crippen LogP contribution in [0.4, 0.5) is 19.7 Å². The van der Waals surface area contributed by atoms with Gasteiger partial charge in [-0.05, 0) is 80.0 Å². The molecule has 11 heteroatoms. The normalized spacial score (nSPS) is 21.5. The van der Waals surface area contributed by atoms with Gasteiger partial charge in [0.1, 0.15) is 30.3 Å². The minimum atomic E-state index is -1.01. The zero-order valence-corrected chi connectivity index (χ0v) is 21.9. The van der Waals surface area contributed by atoms with Crippen LogP contribution in [-0.4, -0.2) is 60.5 Å². The minimum absolute atomic E-state index is 0.117. The van der Waals surface area contributed by atoms with E-state index in [1.165, 1.54) is 19.2 Å². The van der Waals surface area contributed by atoms with E-state index in [0.29, 0.717) is 36.3 Å². The first-order valence-corrected chi connectivity index (χ1v) is 13.0. The molecular formula is C28H31FN4O6. The molecule has 5 amide bonds. The van der Waals surface area contributed by atoms with Crippen molar-refractivity contribution in [2.24, 2.45) is 5.92 Å². The number of amides is 5. The Hall–Kier alpha value is -4.15. The highest BCUT2D eigenvalue weighted by Gasteiger charge is 2.42. The van der Waals surface area contributed by atoms with E-state index in [1.54, 1.807) is 30.0 Å². The molecule has 0 unspecified atom stereocenters. The van der Waals surface area contributed by atoms with Gasteiger partial charge < -0.3 is 25.0 Å². The standard InChI is InChI=1S/C28H31FN4O6/c1-28(10-9-18-12-21(6-7-22(18)28)31-26(36)30-2)39-27(37)32(16-34)14-25(35)33-13-19-11-20(29)5-8-24(19)38-15-23(33)17-3-4-17/h5-8,11-12,16-17,23H,3-4,9-10,13-15H2,1-2H3,(H2,30,31,36)/t23-,28+/m1/s1. The number of hydrogen-bond donors (Lipinski definition) is 2. The zero-order chi connectivity index (χ0) is 27.7. The van der Waals surface area contributed by atoms with Crippen molar-refractivity contribution >= 4 is 30.1 Å². The molecule has 10 nitrogen and oxygen atoms in total. The Morgan fingerprint density at radius 1 is 1.21 bits per heavy atom. The van der Waals surface area contributed by atoms with Crippen LogP contribution in [0.15, 0.2) is 36.4 Å². The van der Waals surface area contributed by atoms with Crippen molar-refractivity contribution in [2.45, 2.75) is 50.8 Å². The Kier molecular flexibility index (Phi) is 7.16. The second kappa shape index (κ2) is 10.5. The first-order valence-electron chi connectivity index (χ1n) is 13.0. The van der Waals surface area contributed by atoms with Crippen molar-refractivity contribution in [1.82, 2.24) is 15.1 Å². The molecule has 1 aliphatic heterocycles. The van der Waals surface area contributed by atoms with Crippen molar-refractivity contribution in [3.8, 4) is 5.75 Å². The zero-order valence-electron chi connectivity index (χ0n) is 21.9. The first kappa shape index (κ1) is 26.5. The molecule has 0 aromatic heterocycles. The molecule has 0 bridgehead atoms. The number of nitrogens with one attached hydrogen (secondary N) is 2. The molecule has 1 heterocycles. The summed E-state index contributed by atoms with van der Waals surface area (Å²) in [6.07, 6.45) is 2.34. The minimum Gasteiger partial charge on any atom is -0.491 e. The van der Waals surface area contributed by atoms with E-state index in [0.717, 1.165) is 28.9 Å². The third kappa shape index (κ3) is 5.52. The number of rotatable bonds is 6. The average molecular weight is 539 g/mol. The third-order valence-electron chi connectivity index (χ3n) is 7.67. The maximum Gasteiger partial charge on any atom is 0.417 e. The quantitative estimate of drug-likeness (QED) is 0.544. The van der Waals surface area contributed by atoms with Crippen LogP contribution >= 0.6 is 0 Å². The second-order valence-electron chi connectivity index (χ2n) is 10.4. The van der Waals surface area contributed by atoms with Gasteiger partial charge in [0, 0.05) is 24.8 Å². The molecule has 2 aromatic rings. The number of imide groups is 1. The van der Waals surface area contributed by atoms with Crippen LogP contribution in [0.1, 0.15) is 42.9 Å². The Balaban J connectivity index is 1.29. The van der Waals surface area contributed by atoms with E-state index in [2.05, 4.69) is 10.6 Å². The third-order valence-corrected chi connectivity index (χ3v) is 7.67. The van der Waals surface area contributed by atoms with Gasteiger partial charge >= 0.3 is 12.1 Å². The van der Waals surface area contributed by atoms with E-state index < -0.39 is 30.0 Å². The summed E-state index contributed by atoms with van der Waals surface area (Å²) in [5.41, 5.74) is 1.82. The molecule has 2 aliphatic carbocycles. The topological polar surface area (TPSA) is 117 Å². The molecule has 1 fully saturated rings. The fraction of sp³-hybridized carbons (Fsp3) is 0.429. The fourth-order valence-electron chi connectivity index (χ4n) is 5.36. The summed E-state index contributed by atoms with van der Waals surface area (Å²) in [6.45, 7) is 1.63. The number of aryl methyl sites for hydroxylation is 1. The van der Waals surface area contributed by atoms with E-state index in [4.69, 9.17) is 9.47 Å². The Morgan fingerprint density at radius 3 is 2.72 bits per heavy atom. The second-order valence-corrected chi connectivity index (χ2v) is 10.4. The molecule has 0 spiro atoms. The van der Waals surface area contributed by atoms with Gasteiger partial charge in [-0.15, -0.1) is 0 Å². The molecule has 1 saturated carbocycles. The van der Waals surface area contributed by atoms with E-state index in [-0.39, 0.29) is 31.1 Å². The number of anilines is 1. The van der Waals surface area contributed by atoms with Gasteiger partial charge in [0.05, 0.1) is 6.04 Å². The number of ether oxygens (including phenoxy) is 2. The molecule has 2 N–H and O–H groups in total. The monoisotopic (exact) mass is 538 g/mol. The van der Waals surface area contributed by atoms with Crippen LogP contribution in [0.2, 0.25) is 0 Å². The predicted molar refractivity (Wildman–Crippen MR) is 138 cm³/mol.